The lowest BCUT2D eigenvalue weighted by molar-refractivity contribution is -0.693. The SMILES string of the molecule is CC[n+]1ccn(Cc2ccc(OC(=C(C(F)(C(F)(F)F)C(F)(F)F)C(F)(C(F)(F)F)C(F)(F)F)C(F)(F)F)cc2)c1.[Br-]. The normalized spacial score (nSPS) is 14.0. The number of allylic oxidation sites excluding steroid dienone is 2. The summed E-state index contributed by atoms with van der Waals surface area (Å²) in [5.74, 6) is -6.14. The fourth-order valence-electron chi connectivity index (χ4n) is 3.40. The maximum absolute atomic E-state index is 14.7. The van der Waals surface area contributed by atoms with E-state index in [4.69, 9.17) is 0 Å². The van der Waals surface area contributed by atoms with Gasteiger partial charge >= 0.3 is 42.2 Å². The van der Waals surface area contributed by atoms with Gasteiger partial charge in [0.05, 0.1) is 12.1 Å². The molecule has 0 spiro atoms. The van der Waals surface area contributed by atoms with Crippen LogP contribution in [0.3, 0.4) is 0 Å². The summed E-state index contributed by atoms with van der Waals surface area (Å²) in [5.41, 5.74) is -21.8. The number of imidazole rings is 1. The maximum atomic E-state index is 14.7. The number of nitrogens with zero attached hydrogens (tertiary/aromatic N) is 2. The molecule has 0 saturated carbocycles. The van der Waals surface area contributed by atoms with Crippen molar-refractivity contribution in [3.8, 4) is 5.75 Å². The third-order valence-corrected chi connectivity index (χ3v) is 5.36. The van der Waals surface area contributed by atoms with Crippen molar-refractivity contribution in [3.05, 3.63) is 59.9 Å². The molecule has 2 rings (SSSR count). The average molecular weight is 713 g/mol. The van der Waals surface area contributed by atoms with Crippen LogP contribution in [0.1, 0.15) is 12.5 Å². The number of halogens is 18. The fraction of sp³-hybridized carbons (Fsp3) is 0.476. The van der Waals surface area contributed by atoms with Crippen molar-refractivity contribution in [2.45, 2.75) is 62.2 Å². The molecule has 2 aromatic rings. The third-order valence-electron chi connectivity index (χ3n) is 5.36. The lowest BCUT2D eigenvalue weighted by Crippen LogP contribution is -3.00. The molecule has 0 atom stereocenters. The van der Waals surface area contributed by atoms with E-state index < -0.39 is 59.3 Å². The van der Waals surface area contributed by atoms with Crippen molar-refractivity contribution in [1.29, 1.82) is 0 Å². The number of hydrogen-bond donors (Lipinski definition) is 0. The van der Waals surface area contributed by atoms with E-state index in [0.717, 1.165) is 12.1 Å². The Bertz CT molecular complexity index is 1170. The van der Waals surface area contributed by atoms with Gasteiger partial charge in [0.1, 0.15) is 24.7 Å². The first-order valence-corrected chi connectivity index (χ1v) is 10.5. The van der Waals surface area contributed by atoms with Crippen LogP contribution in [0.15, 0.2) is 54.3 Å². The molecule has 3 nitrogen and oxygen atoms in total. The minimum Gasteiger partial charge on any atom is -1.00 e. The van der Waals surface area contributed by atoms with Gasteiger partial charge in [-0.1, -0.05) is 12.1 Å². The van der Waals surface area contributed by atoms with Crippen LogP contribution in [0.4, 0.5) is 74.6 Å². The van der Waals surface area contributed by atoms with Crippen molar-refractivity contribution in [2.24, 2.45) is 0 Å². The molecule has 0 aliphatic rings. The number of rotatable bonds is 7. The lowest BCUT2D eigenvalue weighted by atomic mass is 9.79. The van der Waals surface area contributed by atoms with E-state index in [2.05, 4.69) is 4.74 Å². The molecule has 0 unspecified atom stereocenters. The van der Waals surface area contributed by atoms with Crippen LogP contribution in [0, 0.1) is 0 Å². The Morgan fingerprint density at radius 2 is 1.10 bits per heavy atom. The van der Waals surface area contributed by atoms with Crippen LogP contribution in [0.2, 0.25) is 0 Å². The van der Waals surface area contributed by atoms with E-state index >= 15 is 0 Å². The van der Waals surface area contributed by atoms with Gasteiger partial charge in [-0.2, -0.15) is 65.9 Å². The van der Waals surface area contributed by atoms with E-state index in [1.54, 1.807) is 17.7 Å². The van der Waals surface area contributed by atoms with Gasteiger partial charge in [0, 0.05) is 0 Å². The summed E-state index contributed by atoms with van der Waals surface area (Å²) in [5, 5.41) is 0. The Kier molecular flexibility index (Phi) is 10.4. The molecule has 240 valence electrons. The Morgan fingerprint density at radius 3 is 1.40 bits per heavy atom. The van der Waals surface area contributed by atoms with Gasteiger partial charge in [-0.15, -0.1) is 0 Å². The molecule has 1 aromatic carbocycles. The fourth-order valence-corrected chi connectivity index (χ4v) is 3.40. The second-order valence-electron chi connectivity index (χ2n) is 8.17. The third kappa shape index (κ3) is 6.90. The van der Waals surface area contributed by atoms with Crippen molar-refractivity contribution in [2.75, 3.05) is 0 Å². The van der Waals surface area contributed by atoms with Gasteiger partial charge in [0.15, 0.2) is 0 Å². The van der Waals surface area contributed by atoms with Gasteiger partial charge in [-0.3, -0.25) is 0 Å². The smallest absolute Gasteiger partial charge is 0.449 e. The number of aromatic nitrogens is 2. The van der Waals surface area contributed by atoms with Gasteiger partial charge < -0.3 is 21.7 Å². The van der Waals surface area contributed by atoms with E-state index in [1.165, 1.54) is 17.1 Å². The molecule has 1 heterocycles. The van der Waals surface area contributed by atoms with Crippen molar-refractivity contribution in [3.63, 3.8) is 0 Å². The minimum absolute atomic E-state index is 0. The van der Waals surface area contributed by atoms with E-state index in [1.807, 2.05) is 0 Å². The zero-order valence-electron chi connectivity index (χ0n) is 20.1. The summed E-state index contributed by atoms with van der Waals surface area (Å²) in [4.78, 5) is 0. The molecule has 42 heavy (non-hydrogen) atoms. The Morgan fingerprint density at radius 1 is 0.690 bits per heavy atom. The predicted molar refractivity (Wildman–Crippen MR) is 101 cm³/mol. The Balaban J connectivity index is 0.00000882. The molecule has 21 heteroatoms. The average Bonchev–Trinajstić information content (AvgIpc) is 3.23. The molecule has 0 aliphatic carbocycles. The molecule has 0 saturated heterocycles. The summed E-state index contributed by atoms with van der Waals surface area (Å²) in [6, 6.07) is 2.12. The monoisotopic (exact) mass is 712 g/mol. The molecule has 0 aliphatic heterocycles. The largest absolute Gasteiger partial charge is 1.00 e. The van der Waals surface area contributed by atoms with Gasteiger partial charge in [0.25, 0.3) is 0 Å². The van der Waals surface area contributed by atoms with Gasteiger partial charge in [-0.25, -0.2) is 17.9 Å². The standard InChI is InChI=1S/C21H14F17N2O.BrH/c1-2-39-7-8-40(10-39)9-11-3-5-12(6-4-11)41-14(17(24,25)26)13(15(22,18(27,28)29)19(30,31)32)16(23,20(33,34)35)21(36,37)38;/h3-8,10H,2,9H2,1H3;1H/q+1;/p-1. The molecular weight excluding hydrogens is 699 g/mol. The topological polar surface area (TPSA) is 18.0 Å². The van der Waals surface area contributed by atoms with Gasteiger partial charge in [0.2, 0.25) is 12.1 Å². The first-order chi connectivity index (χ1) is 18.2. The second kappa shape index (κ2) is 11.7. The summed E-state index contributed by atoms with van der Waals surface area (Å²) >= 11 is 0. The van der Waals surface area contributed by atoms with Crippen LogP contribution in [-0.2, 0) is 13.1 Å². The minimum atomic E-state index is -8.21. The molecular formula is C21H14BrF17N2O. The number of hydrogen-bond acceptors (Lipinski definition) is 1. The van der Waals surface area contributed by atoms with E-state index in [0.29, 0.717) is 6.54 Å². The summed E-state index contributed by atoms with van der Waals surface area (Å²) in [6.45, 7) is 2.14. The highest BCUT2D eigenvalue weighted by Gasteiger charge is 2.88. The number of benzene rings is 1. The number of aryl methyl sites for hydroxylation is 1. The summed E-state index contributed by atoms with van der Waals surface area (Å²) < 4.78 is 236. The van der Waals surface area contributed by atoms with Crippen LogP contribution in [-0.4, -0.2) is 46.8 Å². The summed E-state index contributed by atoms with van der Waals surface area (Å²) in [6.07, 6.45) is -34.8. The maximum Gasteiger partial charge on any atom is 0.449 e. The van der Waals surface area contributed by atoms with Crippen molar-refractivity contribution >= 4 is 0 Å². The Labute approximate surface area is 233 Å². The van der Waals surface area contributed by atoms with E-state index in [-0.39, 0.29) is 41.2 Å². The van der Waals surface area contributed by atoms with Crippen LogP contribution in [0.5, 0.6) is 5.75 Å². The number of alkyl halides is 17. The second-order valence-corrected chi connectivity index (χ2v) is 8.17. The first-order valence-electron chi connectivity index (χ1n) is 10.5. The van der Waals surface area contributed by atoms with Crippen LogP contribution < -0.4 is 26.3 Å². The van der Waals surface area contributed by atoms with Crippen LogP contribution in [0.25, 0.3) is 0 Å². The quantitative estimate of drug-likeness (QED) is 0.231. The van der Waals surface area contributed by atoms with E-state index in [9.17, 15) is 74.6 Å². The lowest BCUT2D eigenvalue weighted by Gasteiger charge is -2.41. The highest BCUT2D eigenvalue weighted by Crippen LogP contribution is 2.63. The molecule has 0 radical (unpaired) electrons. The van der Waals surface area contributed by atoms with Gasteiger partial charge in [-0.05, 0) is 24.6 Å². The number of ether oxygens (including phenoxy) is 1. The first kappa shape index (κ1) is 37.3. The molecule has 1 aromatic heterocycles. The predicted octanol–water partition coefficient (Wildman–Crippen LogP) is 4.71. The molecule has 0 N–H and O–H groups in total. The van der Waals surface area contributed by atoms with Crippen molar-refractivity contribution < 1.29 is 101 Å². The van der Waals surface area contributed by atoms with Crippen LogP contribution >= 0.6 is 0 Å². The highest BCUT2D eigenvalue weighted by molar-refractivity contribution is 5.42. The zero-order valence-corrected chi connectivity index (χ0v) is 21.6. The Hall–Kier alpha value is -2.74. The molecule has 0 bridgehead atoms. The highest BCUT2D eigenvalue weighted by atomic mass is 79.9. The zero-order chi connectivity index (χ0) is 32.0. The van der Waals surface area contributed by atoms with Crippen molar-refractivity contribution in [1.82, 2.24) is 4.57 Å². The summed E-state index contributed by atoms with van der Waals surface area (Å²) in [7, 11) is 0. The molecule has 0 amide bonds. The molecule has 0 fully saturated rings.